The predicted molar refractivity (Wildman–Crippen MR) is 124 cm³/mol. The van der Waals surface area contributed by atoms with Gasteiger partial charge in [-0.15, -0.1) is 0 Å². The fourth-order valence-electron chi connectivity index (χ4n) is 5.53. The monoisotopic (exact) mass is 433 g/mol. The predicted octanol–water partition coefficient (Wildman–Crippen LogP) is 3.01. The molecule has 2 bridgehead atoms. The van der Waals surface area contributed by atoms with Crippen LogP contribution in [-0.4, -0.2) is 55.0 Å². The van der Waals surface area contributed by atoms with E-state index in [4.69, 9.17) is 4.74 Å². The van der Waals surface area contributed by atoms with E-state index in [0.717, 1.165) is 42.9 Å². The van der Waals surface area contributed by atoms with Crippen molar-refractivity contribution in [2.45, 2.75) is 44.2 Å². The standard InChI is InChI=1S/C26H31N3O3/c30-25(15-19-7-2-1-3-8-19)27-22-16-21-12-11-20(22)17-28(21)13-6-14-29-23-9-4-5-10-24(23)32-18-26(29)31/h1-5,7-10,20-22H,6,11-18H2,(H,27,30). The van der Waals surface area contributed by atoms with Crippen molar-refractivity contribution < 1.29 is 14.3 Å². The summed E-state index contributed by atoms with van der Waals surface area (Å²) in [4.78, 5) is 29.4. The number of benzene rings is 2. The molecule has 4 aliphatic rings. The second kappa shape index (κ2) is 9.33. The fourth-order valence-corrected chi connectivity index (χ4v) is 5.53. The molecule has 3 heterocycles. The van der Waals surface area contributed by atoms with E-state index < -0.39 is 0 Å². The molecule has 32 heavy (non-hydrogen) atoms. The molecule has 2 saturated heterocycles. The van der Waals surface area contributed by atoms with Gasteiger partial charge in [0.1, 0.15) is 5.75 Å². The average Bonchev–Trinajstić information content (AvgIpc) is 2.82. The van der Waals surface area contributed by atoms with Crippen molar-refractivity contribution in [3.8, 4) is 5.75 Å². The third-order valence-corrected chi connectivity index (χ3v) is 7.14. The van der Waals surface area contributed by atoms with Crippen molar-refractivity contribution in [2.24, 2.45) is 5.92 Å². The molecule has 6 rings (SSSR count). The molecule has 3 atom stereocenters. The quantitative estimate of drug-likeness (QED) is 0.729. The number of anilines is 1. The largest absolute Gasteiger partial charge is 0.482 e. The Morgan fingerprint density at radius 1 is 1.03 bits per heavy atom. The molecule has 1 N–H and O–H groups in total. The van der Waals surface area contributed by atoms with Gasteiger partial charge in [0.2, 0.25) is 5.91 Å². The molecule has 3 unspecified atom stereocenters. The average molecular weight is 434 g/mol. The first kappa shape index (κ1) is 21.0. The minimum atomic E-state index is 0.0325. The summed E-state index contributed by atoms with van der Waals surface area (Å²) in [6.07, 6.45) is 4.81. The lowest BCUT2D eigenvalue weighted by molar-refractivity contribution is -0.123. The number of para-hydroxylation sites is 2. The zero-order valence-corrected chi connectivity index (χ0v) is 18.4. The molecule has 3 aliphatic heterocycles. The van der Waals surface area contributed by atoms with Gasteiger partial charge in [-0.2, -0.15) is 0 Å². The molecule has 2 amide bonds. The highest BCUT2D eigenvalue weighted by Crippen LogP contribution is 2.36. The Kier molecular flexibility index (Phi) is 6.12. The number of fused-ring (bicyclic) bond motifs is 4. The van der Waals surface area contributed by atoms with Crippen molar-refractivity contribution in [1.29, 1.82) is 0 Å². The van der Waals surface area contributed by atoms with Gasteiger partial charge in [0.25, 0.3) is 5.91 Å². The van der Waals surface area contributed by atoms with E-state index in [-0.39, 0.29) is 24.5 Å². The maximum Gasteiger partial charge on any atom is 0.265 e. The van der Waals surface area contributed by atoms with Crippen LogP contribution in [-0.2, 0) is 16.0 Å². The van der Waals surface area contributed by atoms with Gasteiger partial charge in [-0.05, 0) is 49.3 Å². The van der Waals surface area contributed by atoms with Gasteiger partial charge in [0, 0.05) is 31.7 Å². The number of nitrogens with zero attached hydrogens (tertiary/aromatic N) is 2. The van der Waals surface area contributed by atoms with Crippen LogP contribution in [0.2, 0.25) is 0 Å². The summed E-state index contributed by atoms with van der Waals surface area (Å²) in [5.41, 5.74) is 1.94. The van der Waals surface area contributed by atoms with E-state index in [1.807, 2.05) is 59.5 Å². The topological polar surface area (TPSA) is 61.9 Å². The Morgan fingerprint density at radius 2 is 1.84 bits per heavy atom. The van der Waals surface area contributed by atoms with Crippen molar-refractivity contribution in [3.05, 3.63) is 60.2 Å². The number of nitrogens with one attached hydrogen (secondary N) is 1. The Labute approximate surface area is 189 Å². The van der Waals surface area contributed by atoms with Crippen molar-refractivity contribution in [1.82, 2.24) is 10.2 Å². The molecule has 0 spiro atoms. The van der Waals surface area contributed by atoms with Crippen LogP contribution in [0, 0.1) is 5.92 Å². The Morgan fingerprint density at radius 3 is 2.66 bits per heavy atom. The number of amides is 2. The minimum absolute atomic E-state index is 0.0325. The van der Waals surface area contributed by atoms with Crippen molar-refractivity contribution in [3.63, 3.8) is 0 Å². The first-order chi connectivity index (χ1) is 15.7. The van der Waals surface area contributed by atoms with E-state index in [1.54, 1.807) is 0 Å². The fraction of sp³-hybridized carbons (Fsp3) is 0.462. The normalized spacial score (nSPS) is 24.7. The number of ether oxygens (including phenoxy) is 1. The van der Waals surface area contributed by atoms with E-state index in [0.29, 0.717) is 24.9 Å². The summed E-state index contributed by atoms with van der Waals surface area (Å²) < 4.78 is 5.55. The molecule has 0 aromatic heterocycles. The second-order valence-corrected chi connectivity index (χ2v) is 9.21. The molecule has 6 nitrogen and oxygen atoms in total. The molecule has 2 aromatic rings. The molecule has 1 saturated carbocycles. The highest BCUT2D eigenvalue weighted by Gasteiger charge is 2.40. The SMILES string of the molecule is O=C(Cc1ccccc1)NC1CC2CCC1CN2CCCN1C(=O)COc2ccccc21. The van der Waals surface area contributed by atoms with Gasteiger partial charge < -0.3 is 15.0 Å². The van der Waals surface area contributed by atoms with Gasteiger partial charge in [-0.25, -0.2) is 0 Å². The number of hydrogen-bond donors (Lipinski definition) is 1. The first-order valence-electron chi connectivity index (χ1n) is 11.8. The lowest BCUT2D eigenvalue weighted by atomic mass is 9.76. The van der Waals surface area contributed by atoms with Gasteiger partial charge in [-0.1, -0.05) is 42.5 Å². The van der Waals surface area contributed by atoms with E-state index >= 15 is 0 Å². The highest BCUT2D eigenvalue weighted by atomic mass is 16.5. The smallest absolute Gasteiger partial charge is 0.265 e. The Bertz CT molecular complexity index is 964. The number of piperidine rings is 2. The van der Waals surface area contributed by atoms with Crippen LogP contribution in [0.25, 0.3) is 0 Å². The molecule has 168 valence electrons. The summed E-state index contributed by atoms with van der Waals surface area (Å²) in [5.74, 6) is 1.47. The minimum Gasteiger partial charge on any atom is -0.482 e. The van der Waals surface area contributed by atoms with Gasteiger partial charge in [-0.3, -0.25) is 14.5 Å². The second-order valence-electron chi connectivity index (χ2n) is 9.21. The highest BCUT2D eigenvalue weighted by molar-refractivity contribution is 5.97. The van der Waals surface area contributed by atoms with Crippen molar-refractivity contribution in [2.75, 3.05) is 31.1 Å². The molecule has 0 radical (unpaired) electrons. The summed E-state index contributed by atoms with van der Waals surface area (Å²) >= 11 is 0. The van der Waals surface area contributed by atoms with Gasteiger partial charge >= 0.3 is 0 Å². The van der Waals surface area contributed by atoms with Crippen LogP contribution in [0.4, 0.5) is 5.69 Å². The zero-order valence-electron chi connectivity index (χ0n) is 18.4. The first-order valence-corrected chi connectivity index (χ1v) is 11.8. The van der Waals surface area contributed by atoms with Crippen LogP contribution in [0.3, 0.4) is 0 Å². The summed E-state index contributed by atoms with van der Waals surface area (Å²) in [6, 6.07) is 18.5. The van der Waals surface area contributed by atoms with Crippen LogP contribution >= 0.6 is 0 Å². The Hall–Kier alpha value is -2.86. The van der Waals surface area contributed by atoms with E-state index in [9.17, 15) is 9.59 Å². The molecule has 3 fully saturated rings. The van der Waals surface area contributed by atoms with Crippen molar-refractivity contribution >= 4 is 17.5 Å². The van der Waals surface area contributed by atoms with E-state index in [1.165, 1.54) is 12.8 Å². The van der Waals surface area contributed by atoms with Gasteiger partial charge in [0.05, 0.1) is 12.1 Å². The summed E-state index contributed by atoms with van der Waals surface area (Å²) in [6.45, 7) is 2.85. The molecule has 6 heteroatoms. The molecule has 1 aliphatic carbocycles. The lowest BCUT2D eigenvalue weighted by Crippen LogP contribution is -2.59. The maximum absolute atomic E-state index is 12.5. The number of carbonyl (C=O) groups is 2. The summed E-state index contributed by atoms with van der Waals surface area (Å²) in [7, 11) is 0. The summed E-state index contributed by atoms with van der Waals surface area (Å²) in [5, 5.41) is 3.31. The number of carbonyl (C=O) groups excluding carboxylic acids is 2. The third-order valence-electron chi connectivity index (χ3n) is 7.14. The van der Waals surface area contributed by atoms with E-state index in [2.05, 4.69) is 10.2 Å². The maximum atomic E-state index is 12.5. The van der Waals surface area contributed by atoms with Crippen LogP contribution in [0.5, 0.6) is 5.75 Å². The van der Waals surface area contributed by atoms with Crippen LogP contribution in [0.1, 0.15) is 31.2 Å². The Balaban J connectivity index is 1.12. The number of hydrogen-bond acceptors (Lipinski definition) is 4. The molecular formula is C26H31N3O3. The van der Waals surface area contributed by atoms with Crippen LogP contribution in [0.15, 0.2) is 54.6 Å². The molecular weight excluding hydrogens is 402 g/mol. The van der Waals surface area contributed by atoms with Crippen LogP contribution < -0.4 is 15.0 Å². The lowest BCUT2D eigenvalue weighted by Gasteiger charge is -2.50. The number of rotatable bonds is 7. The molecule has 2 aromatic carbocycles. The van der Waals surface area contributed by atoms with Gasteiger partial charge in [0.15, 0.2) is 6.61 Å². The third kappa shape index (κ3) is 4.51. The zero-order chi connectivity index (χ0) is 21.9.